The predicted molar refractivity (Wildman–Crippen MR) is 134 cm³/mol. The molecule has 0 radical (unpaired) electrons. The van der Waals surface area contributed by atoms with Gasteiger partial charge in [0, 0.05) is 16.5 Å². The van der Waals surface area contributed by atoms with Crippen LogP contribution in [0.4, 0.5) is 4.39 Å². The normalized spacial score (nSPS) is 13.4. The summed E-state index contributed by atoms with van der Waals surface area (Å²) in [6.07, 6.45) is 0. The first-order valence-corrected chi connectivity index (χ1v) is 11.3. The summed E-state index contributed by atoms with van der Waals surface area (Å²) in [5.41, 5.74) is 7.02. The second kappa shape index (κ2) is 7.70. The Balaban J connectivity index is 1.55. The summed E-state index contributed by atoms with van der Waals surface area (Å²) < 4.78 is 14.7. The lowest BCUT2D eigenvalue weighted by atomic mass is 9.82. The molecule has 1 aromatic heterocycles. The van der Waals surface area contributed by atoms with Gasteiger partial charge >= 0.3 is 0 Å². The average Bonchev–Trinajstić information content (AvgIpc) is 3.11. The number of rotatable bonds is 3. The molecule has 1 aliphatic rings. The number of hydrogen-bond acceptors (Lipinski definition) is 3. The lowest BCUT2D eigenvalue weighted by molar-refractivity contribution is 0.630. The zero-order valence-corrected chi connectivity index (χ0v) is 19.0. The van der Waals surface area contributed by atoms with E-state index in [4.69, 9.17) is 9.97 Å². The predicted octanol–water partition coefficient (Wildman–Crippen LogP) is 7.32. The maximum absolute atomic E-state index is 14.7. The first-order chi connectivity index (χ1) is 16.5. The second-order valence-corrected chi connectivity index (χ2v) is 9.08. The molecule has 0 amide bonds. The molecule has 0 atom stereocenters. The number of benzene rings is 4. The van der Waals surface area contributed by atoms with E-state index in [9.17, 15) is 4.39 Å². The van der Waals surface area contributed by atoms with E-state index in [-0.39, 0.29) is 11.2 Å². The Morgan fingerprint density at radius 2 is 1.12 bits per heavy atom. The quantitative estimate of drug-likeness (QED) is 0.293. The molecule has 0 saturated heterocycles. The van der Waals surface area contributed by atoms with Crippen LogP contribution in [-0.4, -0.2) is 15.0 Å². The van der Waals surface area contributed by atoms with Crippen molar-refractivity contribution in [1.29, 1.82) is 0 Å². The van der Waals surface area contributed by atoms with Gasteiger partial charge in [0.1, 0.15) is 5.82 Å². The molecular formula is C30H22FN3. The van der Waals surface area contributed by atoms with Crippen LogP contribution < -0.4 is 0 Å². The molecule has 1 heterocycles. The smallest absolute Gasteiger partial charge is 0.167 e. The van der Waals surface area contributed by atoms with Crippen molar-refractivity contribution in [3.8, 4) is 45.3 Å². The third-order valence-corrected chi connectivity index (χ3v) is 6.62. The SMILES string of the molecule is CC1(C)c2ccccc2-c2ccc(-c3nc(-c4ccccc4)nc(-c4ccccc4F)n3)cc21. The van der Waals surface area contributed by atoms with Gasteiger partial charge in [-0.1, -0.05) is 92.7 Å². The molecule has 164 valence electrons. The van der Waals surface area contributed by atoms with Gasteiger partial charge in [-0.3, -0.25) is 0 Å². The molecule has 0 bridgehead atoms. The van der Waals surface area contributed by atoms with Crippen molar-refractivity contribution >= 4 is 0 Å². The molecule has 0 unspecified atom stereocenters. The van der Waals surface area contributed by atoms with Crippen molar-refractivity contribution in [3.05, 3.63) is 114 Å². The molecule has 0 spiro atoms. The van der Waals surface area contributed by atoms with Crippen molar-refractivity contribution in [2.24, 2.45) is 0 Å². The van der Waals surface area contributed by atoms with E-state index >= 15 is 0 Å². The summed E-state index contributed by atoms with van der Waals surface area (Å²) in [4.78, 5) is 14.2. The molecule has 34 heavy (non-hydrogen) atoms. The number of fused-ring (bicyclic) bond motifs is 3. The maximum atomic E-state index is 14.7. The Bertz CT molecular complexity index is 1540. The molecule has 4 aromatic carbocycles. The summed E-state index contributed by atoms with van der Waals surface area (Å²) in [6.45, 7) is 4.49. The van der Waals surface area contributed by atoms with Gasteiger partial charge in [-0.25, -0.2) is 19.3 Å². The lowest BCUT2D eigenvalue weighted by Gasteiger charge is -2.21. The highest BCUT2D eigenvalue weighted by Gasteiger charge is 2.35. The van der Waals surface area contributed by atoms with Gasteiger partial charge in [-0.05, 0) is 40.5 Å². The monoisotopic (exact) mass is 443 g/mol. The molecular weight excluding hydrogens is 421 g/mol. The second-order valence-electron chi connectivity index (χ2n) is 9.08. The number of aromatic nitrogens is 3. The van der Waals surface area contributed by atoms with Gasteiger partial charge in [0.15, 0.2) is 17.5 Å². The van der Waals surface area contributed by atoms with Gasteiger partial charge in [0.05, 0.1) is 5.56 Å². The van der Waals surface area contributed by atoms with Crippen LogP contribution in [0.15, 0.2) is 97.1 Å². The van der Waals surface area contributed by atoms with E-state index < -0.39 is 0 Å². The zero-order valence-electron chi connectivity index (χ0n) is 19.0. The third kappa shape index (κ3) is 3.22. The van der Waals surface area contributed by atoms with E-state index in [1.807, 2.05) is 36.4 Å². The Kier molecular flexibility index (Phi) is 4.63. The Morgan fingerprint density at radius 3 is 1.88 bits per heavy atom. The summed E-state index contributed by atoms with van der Waals surface area (Å²) in [7, 11) is 0. The van der Waals surface area contributed by atoms with E-state index in [1.165, 1.54) is 28.3 Å². The molecule has 0 N–H and O–H groups in total. The van der Waals surface area contributed by atoms with Gasteiger partial charge in [-0.15, -0.1) is 0 Å². The first-order valence-electron chi connectivity index (χ1n) is 11.3. The van der Waals surface area contributed by atoms with Crippen LogP contribution in [-0.2, 0) is 5.41 Å². The summed E-state index contributed by atoms with van der Waals surface area (Å²) >= 11 is 0. The van der Waals surface area contributed by atoms with Crippen molar-refractivity contribution in [2.45, 2.75) is 19.3 Å². The molecule has 4 heteroatoms. The molecule has 0 aliphatic heterocycles. The van der Waals surface area contributed by atoms with Crippen LogP contribution >= 0.6 is 0 Å². The number of halogens is 1. The summed E-state index contributed by atoms with van der Waals surface area (Å²) in [6, 6.07) is 31.2. The van der Waals surface area contributed by atoms with Gasteiger partial charge < -0.3 is 0 Å². The number of nitrogens with zero attached hydrogens (tertiary/aromatic N) is 3. The highest BCUT2D eigenvalue weighted by atomic mass is 19.1. The van der Waals surface area contributed by atoms with Crippen molar-refractivity contribution in [1.82, 2.24) is 15.0 Å². The molecule has 3 nitrogen and oxygen atoms in total. The molecule has 5 aromatic rings. The zero-order chi connectivity index (χ0) is 23.3. The number of hydrogen-bond donors (Lipinski definition) is 0. The third-order valence-electron chi connectivity index (χ3n) is 6.62. The highest BCUT2D eigenvalue weighted by molar-refractivity contribution is 5.83. The minimum atomic E-state index is -0.357. The van der Waals surface area contributed by atoms with Crippen LogP contribution in [0.3, 0.4) is 0 Å². The van der Waals surface area contributed by atoms with Crippen molar-refractivity contribution in [2.75, 3.05) is 0 Å². The molecule has 1 aliphatic carbocycles. The topological polar surface area (TPSA) is 38.7 Å². The van der Waals surface area contributed by atoms with E-state index in [1.54, 1.807) is 18.2 Å². The van der Waals surface area contributed by atoms with E-state index in [0.717, 1.165) is 11.1 Å². The Hall–Kier alpha value is -4.18. The van der Waals surface area contributed by atoms with Crippen LogP contribution in [0.25, 0.3) is 45.3 Å². The lowest BCUT2D eigenvalue weighted by Crippen LogP contribution is -2.15. The van der Waals surface area contributed by atoms with Gasteiger partial charge in [-0.2, -0.15) is 0 Å². The minimum absolute atomic E-state index is 0.133. The highest BCUT2D eigenvalue weighted by Crippen LogP contribution is 2.49. The maximum Gasteiger partial charge on any atom is 0.167 e. The Morgan fingerprint density at radius 1 is 0.529 bits per heavy atom. The molecule has 0 saturated carbocycles. The summed E-state index contributed by atoms with van der Waals surface area (Å²) in [5, 5.41) is 0. The van der Waals surface area contributed by atoms with Gasteiger partial charge in [0.25, 0.3) is 0 Å². The van der Waals surface area contributed by atoms with Crippen molar-refractivity contribution < 1.29 is 4.39 Å². The van der Waals surface area contributed by atoms with Gasteiger partial charge in [0.2, 0.25) is 0 Å². The molecule has 0 fully saturated rings. The fourth-order valence-electron chi connectivity index (χ4n) is 4.83. The van der Waals surface area contributed by atoms with Crippen molar-refractivity contribution in [3.63, 3.8) is 0 Å². The van der Waals surface area contributed by atoms with E-state index in [2.05, 4.69) is 55.2 Å². The average molecular weight is 444 g/mol. The van der Waals surface area contributed by atoms with Crippen LogP contribution in [0.2, 0.25) is 0 Å². The summed E-state index contributed by atoms with van der Waals surface area (Å²) in [5.74, 6) is 1.02. The standard InChI is InChI=1S/C30H22FN3/c1-30(2)24-14-8-6-12-21(24)22-17-16-20(18-25(22)30)28-32-27(19-10-4-3-5-11-19)33-29(34-28)23-13-7-9-15-26(23)31/h3-18H,1-2H3. The largest absolute Gasteiger partial charge is 0.208 e. The molecule has 6 rings (SSSR count). The minimum Gasteiger partial charge on any atom is -0.208 e. The van der Waals surface area contributed by atoms with E-state index in [0.29, 0.717) is 23.0 Å². The Labute approximate surface area is 198 Å². The van der Waals surface area contributed by atoms with Crippen LogP contribution in [0.5, 0.6) is 0 Å². The fourth-order valence-corrected chi connectivity index (χ4v) is 4.83. The first kappa shape index (κ1) is 20.4. The van der Waals surface area contributed by atoms with Crippen LogP contribution in [0.1, 0.15) is 25.0 Å². The fraction of sp³-hybridized carbons (Fsp3) is 0.100. The van der Waals surface area contributed by atoms with Crippen LogP contribution in [0, 0.1) is 5.82 Å².